The van der Waals surface area contributed by atoms with Gasteiger partial charge in [-0.25, -0.2) is 4.79 Å². The Morgan fingerprint density at radius 2 is 1.88 bits per heavy atom. The maximum absolute atomic E-state index is 12.4. The molecular formula is C20H26N4O. The monoisotopic (exact) mass is 338 g/mol. The molecule has 0 radical (unpaired) electrons. The summed E-state index contributed by atoms with van der Waals surface area (Å²) in [7, 11) is 1.90. The number of amides is 2. The largest absolute Gasteiger partial charge is 0.325 e. The van der Waals surface area contributed by atoms with Gasteiger partial charge >= 0.3 is 6.03 Å². The molecule has 2 aromatic rings. The summed E-state index contributed by atoms with van der Waals surface area (Å²) >= 11 is 0. The number of hydrogen-bond acceptors (Lipinski definition) is 3. The number of likely N-dealkylation sites (tertiary alicyclic amines) is 1. The zero-order valence-electron chi connectivity index (χ0n) is 14.8. The molecule has 0 saturated carbocycles. The molecule has 5 nitrogen and oxygen atoms in total. The van der Waals surface area contributed by atoms with Crippen molar-refractivity contribution in [3.63, 3.8) is 0 Å². The maximum atomic E-state index is 12.4. The van der Waals surface area contributed by atoms with Gasteiger partial charge in [0, 0.05) is 56.7 Å². The first-order valence-electron chi connectivity index (χ1n) is 8.93. The summed E-state index contributed by atoms with van der Waals surface area (Å²) in [5, 5.41) is 2.96. The minimum atomic E-state index is -0.0295. The third kappa shape index (κ3) is 5.03. The molecular weight excluding hydrogens is 312 g/mol. The zero-order valence-corrected chi connectivity index (χ0v) is 14.8. The van der Waals surface area contributed by atoms with Crippen LogP contribution < -0.4 is 5.32 Å². The average molecular weight is 338 g/mol. The fourth-order valence-electron chi connectivity index (χ4n) is 3.25. The van der Waals surface area contributed by atoms with Gasteiger partial charge in [-0.2, -0.15) is 0 Å². The Labute approximate surface area is 149 Å². The average Bonchev–Trinajstić information content (AvgIpc) is 2.68. The van der Waals surface area contributed by atoms with E-state index in [4.69, 9.17) is 0 Å². The van der Waals surface area contributed by atoms with Gasteiger partial charge in [-0.15, -0.1) is 0 Å². The molecule has 5 heteroatoms. The first kappa shape index (κ1) is 17.4. The minimum absolute atomic E-state index is 0.0295. The van der Waals surface area contributed by atoms with Crippen LogP contribution in [0, 0.1) is 0 Å². The van der Waals surface area contributed by atoms with Crippen LogP contribution >= 0.6 is 0 Å². The molecule has 1 aromatic heterocycles. The molecule has 0 bridgehead atoms. The van der Waals surface area contributed by atoms with Gasteiger partial charge in [-0.3, -0.25) is 4.98 Å². The SMILES string of the molecule is CN(C(=O)Nc1ccccc1)C1CCN(CCc2ccccn2)CC1. The van der Waals surface area contributed by atoms with E-state index in [1.54, 1.807) is 0 Å². The molecule has 0 aliphatic carbocycles. The molecule has 1 fully saturated rings. The van der Waals surface area contributed by atoms with Crippen LogP contribution in [0.25, 0.3) is 0 Å². The fourth-order valence-corrected chi connectivity index (χ4v) is 3.25. The zero-order chi connectivity index (χ0) is 17.5. The highest BCUT2D eigenvalue weighted by Crippen LogP contribution is 2.17. The number of pyridine rings is 1. The van der Waals surface area contributed by atoms with Crippen molar-refractivity contribution < 1.29 is 4.79 Å². The molecule has 0 atom stereocenters. The number of urea groups is 1. The fraction of sp³-hybridized carbons (Fsp3) is 0.400. The van der Waals surface area contributed by atoms with Gasteiger partial charge in [0.15, 0.2) is 0 Å². The van der Waals surface area contributed by atoms with E-state index in [1.165, 1.54) is 0 Å². The molecule has 1 aliphatic rings. The number of anilines is 1. The van der Waals surface area contributed by atoms with Crippen LogP contribution in [-0.4, -0.2) is 53.5 Å². The van der Waals surface area contributed by atoms with Crippen molar-refractivity contribution in [3.05, 3.63) is 60.4 Å². The van der Waals surface area contributed by atoms with E-state index in [2.05, 4.69) is 21.3 Å². The molecule has 1 N–H and O–H groups in total. The third-order valence-corrected chi connectivity index (χ3v) is 4.86. The van der Waals surface area contributed by atoms with E-state index >= 15 is 0 Å². The van der Waals surface area contributed by atoms with Gasteiger partial charge in [-0.1, -0.05) is 24.3 Å². The normalized spacial score (nSPS) is 15.7. The summed E-state index contributed by atoms with van der Waals surface area (Å²) in [6.07, 6.45) is 4.86. The van der Waals surface area contributed by atoms with Gasteiger partial charge in [0.1, 0.15) is 0 Å². The minimum Gasteiger partial charge on any atom is -0.325 e. The standard InChI is InChI=1S/C20H26N4O/c1-23(20(25)22-18-8-3-2-4-9-18)19-11-15-24(16-12-19)14-10-17-7-5-6-13-21-17/h2-9,13,19H,10-12,14-16H2,1H3,(H,22,25). The number of carbonyl (C=O) groups excluding carboxylic acids is 1. The highest BCUT2D eigenvalue weighted by molar-refractivity contribution is 5.89. The van der Waals surface area contributed by atoms with Gasteiger partial charge in [0.25, 0.3) is 0 Å². The lowest BCUT2D eigenvalue weighted by atomic mass is 10.0. The first-order valence-corrected chi connectivity index (χ1v) is 8.93. The second-order valence-electron chi connectivity index (χ2n) is 6.55. The summed E-state index contributed by atoms with van der Waals surface area (Å²) in [6.45, 7) is 3.09. The first-order chi connectivity index (χ1) is 12.2. The molecule has 1 saturated heterocycles. The molecule has 0 unspecified atom stereocenters. The molecule has 1 aromatic carbocycles. The Hall–Kier alpha value is -2.40. The van der Waals surface area contributed by atoms with Gasteiger partial charge < -0.3 is 15.1 Å². The molecule has 2 amide bonds. The quantitative estimate of drug-likeness (QED) is 0.910. The lowest BCUT2D eigenvalue weighted by molar-refractivity contribution is 0.142. The molecule has 3 rings (SSSR count). The van der Waals surface area contributed by atoms with Crippen molar-refractivity contribution >= 4 is 11.7 Å². The van der Waals surface area contributed by atoms with Crippen LogP contribution in [-0.2, 0) is 6.42 Å². The number of benzene rings is 1. The van der Waals surface area contributed by atoms with Crippen LogP contribution in [0.4, 0.5) is 10.5 Å². The smallest absolute Gasteiger partial charge is 0.321 e. The number of carbonyl (C=O) groups is 1. The van der Waals surface area contributed by atoms with Crippen molar-refractivity contribution in [2.24, 2.45) is 0 Å². The van der Waals surface area contributed by atoms with E-state index in [1.807, 2.05) is 60.6 Å². The predicted octanol–water partition coefficient (Wildman–Crippen LogP) is 3.25. The number of nitrogens with one attached hydrogen (secondary N) is 1. The van der Waals surface area contributed by atoms with E-state index < -0.39 is 0 Å². The van der Waals surface area contributed by atoms with Crippen molar-refractivity contribution in [1.82, 2.24) is 14.8 Å². The van der Waals surface area contributed by atoms with E-state index in [-0.39, 0.29) is 6.03 Å². The maximum Gasteiger partial charge on any atom is 0.321 e. The topological polar surface area (TPSA) is 48.5 Å². The van der Waals surface area contributed by atoms with Gasteiger partial charge in [0.2, 0.25) is 0 Å². The summed E-state index contributed by atoms with van der Waals surface area (Å²) < 4.78 is 0. The second kappa shape index (κ2) is 8.62. The Morgan fingerprint density at radius 3 is 2.56 bits per heavy atom. The van der Waals surface area contributed by atoms with Gasteiger partial charge in [-0.05, 0) is 37.1 Å². The van der Waals surface area contributed by atoms with Crippen LogP contribution in [0.1, 0.15) is 18.5 Å². The van der Waals surface area contributed by atoms with Crippen LogP contribution in [0.3, 0.4) is 0 Å². The summed E-state index contributed by atoms with van der Waals surface area (Å²) in [6, 6.07) is 15.9. The van der Waals surface area contributed by atoms with Crippen LogP contribution in [0.15, 0.2) is 54.7 Å². The van der Waals surface area contributed by atoms with E-state index in [0.29, 0.717) is 6.04 Å². The molecule has 2 heterocycles. The highest BCUT2D eigenvalue weighted by Gasteiger charge is 2.25. The number of hydrogen-bond donors (Lipinski definition) is 1. The Bertz CT molecular complexity index is 654. The summed E-state index contributed by atoms with van der Waals surface area (Å²) in [4.78, 5) is 21.1. The number of rotatable bonds is 5. The number of nitrogens with zero attached hydrogens (tertiary/aromatic N) is 3. The Kier molecular flexibility index (Phi) is 6.01. The van der Waals surface area contributed by atoms with Crippen LogP contribution in [0.2, 0.25) is 0 Å². The highest BCUT2D eigenvalue weighted by atomic mass is 16.2. The second-order valence-corrected chi connectivity index (χ2v) is 6.55. The molecule has 25 heavy (non-hydrogen) atoms. The Morgan fingerprint density at radius 1 is 1.16 bits per heavy atom. The predicted molar refractivity (Wildman–Crippen MR) is 101 cm³/mol. The van der Waals surface area contributed by atoms with E-state index in [9.17, 15) is 4.79 Å². The van der Waals surface area contributed by atoms with Crippen molar-refractivity contribution in [1.29, 1.82) is 0 Å². The van der Waals surface area contributed by atoms with E-state index in [0.717, 1.165) is 50.3 Å². The van der Waals surface area contributed by atoms with Gasteiger partial charge in [0.05, 0.1) is 0 Å². The lowest BCUT2D eigenvalue weighted by Gasteiger charge is -2.36. The molecule has 132 valence electrons. The third-order valence-electron chi connectivity index (χ3n) is 4.86. The number of para-hydroxylation sites is 1. The molecule has 1 aliphatic heterocycles. The Balaban J connectivity index is 1.42. The van der Waals surface area contributed by atoms with Crippen molar-refractivity contribution in [2.75, 3.05) is 32.0 Å². The van der Waals surface area contributed by atoms with Crippen molar-refractivity contribution in [3.8, 4) is 0 Å². The molecule has 0 spiro atoms. The summed E-state index contributed by atoms with van der Waals surface area (Å²) in [5.74, 6) is 0. The summed E-state index contributed by atoms with van der Waals surface area (Å²) in [5.41, 5.74) is 1.98. The number of piperidine rings is 1. The van der Waals surface area contributed by atoms with Crippen LogP contribution in [0.5, 0.6) is 0 Å². The lowest BCUT2D eigenvalue weighted by Crippen LogP contribution is -2.47. The van der Waals surface area contributed by atoms with Crippen molar-refractivity contribution in [2.45, 2.75) is 25.3 Å². The number of aromatic nitrogens is 1.